The Labute approximate surface area is 301 Å². The van der Waals surface area contributed by atoms with E-state index in [9.17, 15) is 22.8 Å². The summed E-state index contributed by atoms with van der Waals surface area (Å²) >= 11 is 0. The number of carbonyl (C=O) groups is 3. The topological polar surface area (TPSA) is 109 Å². The molecule has 5 aromatic rings. The molecule has 9 nitrogen and oxygen atoms in total. The number of rotatable bonds is 5. The molecule has 2 saturated heterocycles. The first kappa shape index (κ1) is 32.5. The summed E-state index contributed by atoms with van der Waals surface area (Å²) in [6.45, 7) is 7.27. The molecule has 0 bridgehead atoms. The number of carbonyl (C=O) groups excluding carboxylic acids is 3. The molecule has 3 aliphatic rings. The van der Waals surface area contributed by atoms with Gasteiger partial charge in [0.1, 0.15) is 11.9 Å². The third-order valence-corrected chi connectivity index (χ3v) is 11.6. The van der Waals surface area contributed by atoms with Crippen LogP contribution in [0.3, 0.4) is 0 Å². The number of fused-ring (bicyclic) bond motifs is 1. The summed E-state index contributed by atoms with van der Waals surface area (Å²) in [6.07, 6.45) is 2.06. The maximum atomic E-state index is 14.1. The minimum Gasteiger partial charge on any atom is -0.357 e. The molecule has 0 saturated carbocycles. The van der Waals surface area contributed by atoms with Gasteiger partial charge in [-0.25, -0.2) is 12.4 Å². The Hall–Kier alpha value is -4.09. The number of aromatic nitrogens is 1. The predicted molar refractivity (Wildman–Crippen MR) is 181 cm³/mol. The van der Waals surface area contributed by atoms with Gasteiger partial charge >= 0.3 is 29.6 Å². The monoisotopic (exact) mass is 668 g/mol. The van der Waals surface area contributed by atoms with Crippen molar-refractivity contribution in [1.29, 1.82) is 0 Å². The van der Waals surface area contributed by atoms with E-state index in [1.165, 1.54) is 3.97 Å². The number of hydrogen-bond acceptors (Lipinski definition) is 6. The Bertz CT molecular complexity index is 2260. The van der Waals surface area contributed by atoms with Crippen LogP contribution in [-0.2, 0) is 19.6 Å². The smallest absolute Gasteiger partial charge is 0.357 e. The molecule has 238 valence electrons. The van der Waals surface area contributed by atoms with E-state index >= 15 is 0 Å². The van der Waals surface area contributed by atoms with Gasteiger partial charge in [-0.1, -0.05) is 35.9 Å². The zero-order valence-electron chi connectivity index (χ0n) is 26.9. The van der Waals surface area contributed by atoms with E-state index in [0.717, 1.165) is 45.7 Å². The Morgan fingerprint density at radius 2 is 1.62 bits per heavy atom. The van der Waals surface area contributed by atoms with Gasteiger partial charge in [0.25, 0.3) is 15.9 Å². The number of amides is 3. The SMILES string of the molecule is [CH2-]c1ccc2cc(N3CCC(c4ccc5c6c(cccc46)C(=O)N5C4CCC(=O)NC4=O)CC3)n(S(=O)(=O)c3ccc(C)cc3)c2c1.[Na+]. The second-order valence-electron chi connectivity index (χ2n) is 12.8. The number of nitrogens with zero attached hydrogens (tertiary/aromatic N) is 3. The molecule has 4 heterocycles. The van der Waals surface area contributed by atoms with Gasteiger partial charge in [-0.15, -0.1) is 12.1 Å². The van der Waals surface area contributed by atoms with E-state index in [0.29, 0.717) is 42.1 Å². The molecule has 3 amide bonds. The van der Waals surface area contributed by atoms with Crippen LogP contribution in [0.25, 0.3) is 21.7 Å². The molecule has 1 N–H and O–H groups in total. The van der Waals surface area contributed by atoms with E-state index < -0.39 is 22.0 Å². The molecule has 0 aliphatic carbocycles. The number of anilines is 2. The quantitative estimate of drug-likeness (QED) is 0.175. The average molecular weight is 669 g/mol. The largest absolute Gasteiger partial charge is 1.00 e. The van der Waals surface area contributed by atoms with Crippen LogP contribution >= 0.6 is 0 Å². The minimum absolute atomic E-state index is 0. The summed E-state index contributed by atoms with van der Waals surface area (Å²) in [7, 11) is -3.90. The number of nitrogens with one attached hydrogen (secondary N) is 1. The van der Waals surface area contributed by atoms with Crippen molar-refractivity contribution in [3.05, 3.63) is 108 Å². The number of imide groups is 1. The summed E-state index contributed by atoms with van der Waals surface area (Å²) in [5.74, 6) is -0.161. The molecule has 8 rings (SSSR count). The predicted octanol–water partition coefficient (Wildman–Crippen LogP) is 2.68. The van der Waals surface area contributed by atoms with Crippen LogP contribution in [-0.4, -0.2) is 49.2 Å². The van der Waals surface area contributed by atoms with Gasteiger partial charge in [0.15, 0.2) is 0 Å². The van der Waals surface area contributed by atoms with Crippen molar-refractivity contribution in [2.45, 2.75) is 49.5 Å². The van der Waals surface area contributed by atoms with E-state index in [4.69, 9.17) is 0 Å². The zero-order valence-corrected chi connectivity index (χ0v) is 29.7. The molecule has 1 unspecified atom stereocenters. The minimum atomic E-state index is -3.90. The first-order chi connectivity index (χ1) is 22.6. The van der Waals surface area contributed by atoms with Gasteiger partial charge in [-0.3, -0.25) is 24.6 Å². The first-order valence-electron chi connectivity index (χ1n) is 15.9. The van der Waals surface area contributed by atoms with Crippen molar-refractivity contribution in [2.75, 3.05) is 22.9 Å². The molecule has 0 radical (unpaired) electrons. The van der Waals surface area contributed by atoms with Gasteiger partial charge < -0.3 is 4.90 Å². The molecule has 0 spiro atoms. The number of aryl methyl sites for hydroxylation is 1. The van der Waals surface area contributed by atoms with Crippen molar-refractivity contribution >= 4 is 60.9 Å². The van der Waals surface area contributed by atoms with Crippen LogP contribution in [0, 0.1) is 13.8 Å². The molecule has 3 aliphatic heterocycles. The van der Waals surface area contributed by atoms with Crippen molar-refractivity contribution in [1.82, 2.24) is 9.29 Å². The summed E-state index contributed by atoms with van der Waals surface area (Å²) in [5.41, 5.74) is 4.73. The molecule has 1 aromatic heterocycles. The average Bonchev–Trinajstić information content (AvgIpc) is 3.58. The van der Waals surface area contributed by atoms with E-state index in [1.807, 2.05) is 61.5 Å². The van der Waals surface area contributed by atoms with E-state index in [1.54, 1.807) is 23.1 Å². The van der Waals surface area contributed by atoms with Crippen LogP contribution in [0.2, 0.25) is 0 Å². The van der Waals surface area contributed by atoms with Crippen molar-refractivity contribution in [2.24, 2.45) is 0 Å². The van der Waals surface area contributed by atoms with E-state index in [-0.39, 0.29) is 58.6 Å². The number of benzene rings is 4. The molecular formula is C37H33N4NaO5S. The Morgan fingerprint density at radius 3 is 2.35 bits per heavy atom. The third-order valence-electron chi connectivity index (χ3n) is 9.91. The summed E-state index contributed by atoms with van der Waals surface area (Å²) < 4.78 is 29.8. The summed E-state index contributed by atoms with van der Waals surface area (Å²) in [6, 6.07) is 23.5. The standard InChI is InChI=1S/C37H33N4O5S.Na/c1-22-7-10-26(11-8-22)47(45,46)41-32-20-23(2)6-9-25(32)21-34(41)39-18-16-24(17-19-39)27-12-13-30-35-28(27)4-3-5-29(35)37(44)40(30)31-14-15-33(42)38-36(31)43;/h3-13,20-21,24,31H,2,14-19H2,1H3,(H,38,42,43);/q-1;+1. The molecule has 1 atom stereocenters. The van der Waals surface area contributed by atoms with Crippen LogP contribution in [0.1, 0.15) is 58.6 Å². The number of hydrogen-bond donors (Lipinski definition) is 1. The molecule has 11 heteroatoms. The van der Waals surface area contributed by atoms with E-state index in [2.05, 4.69) is 23.2 Å². The second-order valence-corrected chi connectivity index (χ2v) is 14.6. The molecular weight excluding hydrogens is 635 g/mol. The fourth-order valence-corrected chi connectivity index (χ4v) is 9.06. The maximum absolute atomic E-state index is 14.1. The Kier molecular flexibility index (Phi) is 8.18. The van der Waals surface area contributed by atoms with Crippen LogP contribution < -0.4 is 44.7 Å². The van der Waals surface area contributed by atoms with Crippen molar-refractivity contribution in [3.8, 4) is 0 Å². The van der Waals surface area contributed by atoms with Crippen molar-refractivity contribution in [3.63, 3.8) is 0 Å². The summed E-state index contributed by atoms with van der Waals surface area (Å²) in [5, 5.41) is 5.05. The molecule has 4 aromatic carbocycles. The second kappa shape index (κ2) is 12.1. The maximum Gasteiger partial charge on any atom is 1.00 e. The zero-order chi connectivity index (χ0) is 32.6. The Morgan fingerprint density at radius 1 is 0.875 bits per heavy atom. The number of piperidine rings is 2. The van der Waals surface area contributed by atoms with Crippen LogP contribution in [0.5, 0.6) is 0 Å². The van der Waals surface area contributed by atoms with Gasteiger partial charge in [-0.2, -0.15) is 18.6 Å². The van der Waals surface area contributed by atoms with Gasteiger partial charge in [0.05, 0.1) is 10.6 Å². The first-order valence-corrected chi connectivity index (χ1v) is 17.3. The third kappa shape index (κ3) is 5.13. The van der Waals surface area contributed by atoms with Crippen molar-refractivity contribution < 1.29 is 52.4 Å². The van der Waals surface area contributed by atoms with Crippen LogP contribution in [0.4, 0.5) is 11.5 Å². The fourth-order valence-electron chi connectivity index (χ4n) is 7.54. The van der Waals surface area contributed by atoms with Gasteiger partial charge in [0, 0.05) is 36.0 Å². The van der Waals surface area contributed by atoms with Crippen LogP contribution in [0.15, 0.2) is 83.8 Å². The molecule has 48 heavy (non-hydrogen) atoms. The fraction of sp³-hybridized carbons (Fsp3) is 0.243. The summed E-state index contributed by atoms with van der Waals surface area (Å²) in [4.78, 5) is 42.1. The molecule has 2 fully saturated rings. The van der Waals surface area contributed by atoms with Gasteiger partial charge in [-0.05, 0) is 78.8 Å². The van der Waals surface area contributed by atoms with Gasteiger partial charge in [0.2, 0.25) is 11.8 Å². The normalized spacial score (nSPS) is 18.4. The Balaban J connectivity index is 0.00000364.